The number of hydrogen-bond acceptors (Lipinski definition) is 4. The first kappa shape index (κ1) is 10.9. The van der Waals surface area contributed by atoms with Crippen LogP contribution in [0.25, 0.3) is 0 Å². The van der Waals surface area contributed by atoms with Gasteiger partial charge in [0.1, 0.15) is 0 Å². The molecule has 0 amide bonds. The van der Waals surface area contributed by atoms with E-state index < -0.39 is 0 Å². The van der Waals surface area contributed by atoms with Gasteiger partial charge in [-0.1, -0.05) is 12.8 Å². The predicted octanol–water partition coefficient (Wildman–Crippen LogP) is 0.708. The Bertz CT molecular complexity index is 210. The molecular formula is C11H19NO3. The first-order valence-electron chi connectivity index (χ1n) is 5.82. The third kappa shape index (κ3) is 4.18. The lowest BCUT2D eigenvalue weighted by Gasteiger charge is -2.22. The molecule has 0 aromatic heterocycles. The molecule has 1 unspecified atom stereocenters. The molecule has 2 fully saturated rings. The lowest BCUT2D eigenvalue weighted by atomic mass is 10.2. The molecule has 1 aliphatic heterocycles. The van der Waals surface area contributed by atoms with Crippen molar-refractivity contribution >= 4 is 5.97 Å². The van der Waals surface area contributed by atoms with Crippen molar-refractivity contribution in [1.82, 2.24) is 5.32 Å². The highest BCUT2D eigenvalue weighted by molar-refractivity contribution is 5.70. The summed E-state index contributed by atoms with van der Waals surface area (Å²) in [7, 11) is 0. The molecular weight excluding hydrogens is 194 g/mol. The monoisotopic (exact) mass is 213 g/mol. The zero-order valence-corrected chi connectivity index (χ0v) is 9.04. The highest BCUT2D eigenvalue weighted by Crippen LogP contribution is 2.32. The molecule has 2 rings (SSSR count). The first-order chi connectivity index (χ1) is 7.34. The van der Waals surface area contributed by atoms with Gasteiger partial charge >= 0.3 is 5.97 Å². The van der Waals surface area contributed by atoms with Crippen LogP contribution in [0.15, 0.2) is 0 Å². The molecule has 0 spiro atoms. The second-order valence-electron chi connectivity index (χ2n) is 4.35. The number of carbonyl (C=O) groups is 1. The lowest BCUT2D eigenvalue weighted by Crippen LogP contribution is -2.39. The quantitative estimate of drug-likeness (QED) is 0.683. The molecule has 4 nitrogen and oxygen atoms in total. The van der Waals surface area contributed by atoms with Crippen LogP contribution in [-0.4, -0.2) is 38.4 Å². The van der Waals surface area contributed by atoms with Crippen LogP contribution >= 0.6 is 0 Å². The van der Waals surface area contributed by atoms with E-state index in [0.29, 0.717) is 19.6 Å². The zero-order valence-electron chi connectivity index (χ0n) is 9.04. The normalized spacial score (nSPS) is 26.3. The van der Waals surface area contributed by atoms with Crippen molar-refractivity contribution in [1.29, 1.82) is 0 Å². The van der Waals surface area contributed by atoms with Gasteiger partial charge in [-0.25, -0.2) is 0 Å². The molecule has 1 heterocycles. The second-order valence-corrected chi connectivity index (χ2v) is 4.35. The van der Waals surface area contributed by atoms with E-state index in [-0.39, 0.29) is 12.1 Å². The van der Waals surface area contributed by atoms with E-state index in [2.05, 4.69) is 5.32 Å². The number of morpholine rings is 1. The van der Waals surface area contributed by atoms with Crippen LogP contribution in [0.1, 0.15) is 25.7 Å². The van der Waals surface area contributed by atoms with Crippen molar-refractivity contribution in [2.75, 3.05) is 26.3 Å². The van der Waals surface area contributed by atoms with Crippen LogP contribution in [0.3, 0.4) is 0 Å². The van der Waals surface area contributed by atoms with Crippen LogP contribution in [0.4, 0.5) is 0 Å². The summed E-state index contributed by atoms with van der Waals surface area (Å²) in [6.07, 6.45) is 4.06. The smallest absolute Gasteiger partial charge is 0.308 e. The Kier molecular flexibility index (Phi) is 3.97. The van der Waals surface area contributed by atoms with Gasteiger partial charge in [0.25, 0.3) is 0 Å². The summed E-state index contributed by atoms with van der Waals surface area (Å²) in [6, 6.07) is 0. The Balaban J connectivity index is 1.54. The van der Waals surface area contributed by atoms with Crippen LogP contribution < -0.4 is 5.32 Å². The van der Waals surface area contributed by atoms with Gasteiger partial charge in [0, 0.05) is 13.1 Å². The van der Waals surface area contributed by atoms with E-state index in [4.69, 9.17) is 9.47 Å². The molecule has 1 saturated heterocycles. The number of nitrogens with one attached hydrogen (secondary N) is 1. The molecule has 0 radical (unpaired) electrons. The molecule has 1 saturated carbocycles. The molecule has 4 heteroatoms. The van der Waals surface area contributed by atoms with Crippen molar-refractivity contribution in [2.45, 2.75) is 31.8 Å². The molecule has 0 aromatic rings. The summed E-state index contributed by atoms with van der Waals surface area (Å²) in [5, 5.41) is 3.19. The summed E-state index contributed by atoms with van der Waals surface area (Å²) < 4.78 is 10.6. The minimum atomic E-state index is -0.121. The van der Waals surface area contributed by atoms with Gasteiger partial charge in [-0.3, -0.25) is 4.79 Å². The fourth-order valence-electron chi connectivity index (χ4n) is 1.74. The van der Waals surface area contributed by atoms with Crippen molar-refractivity contribution in [2.24, 2.45) is 5.92 Å². The Morgan fingerprint density at radius 1 is 1.47 bits per heavy atom. The topological polar surface area (TPSA) is 47.6 Å². The predicted molar refractivity (Wildman–Crippen MR) is 55.5 cm³/mol. The minimum Gasteiger partial charge on any atom is -0.466 e. The van der Waals surface area contributed by atoms with E-state index in [9.17, 15) is 4.79 Å². The highest BCUT2D eigenvalue weighted by Gasteiger charge is 2.22. The van der Waals surface area contributed by atoms with Crippen LogP contribution in [0.2, 0.25) is 0 Å². The van der Waals surface area contributed by atoms with E-state index in [0.717, 1.165) is 25.4 Å². The van der Waals surface area contributed by atoms with E-state index >= 15 is 0 Å². The Morgan fingerprint density at radius 3 is 3.00 bits per heavy atom. The highest BCUT2D eigenvalue weighted by atomic mass is 16.5. The molecule has 15 heavy (non-hydrogen) atoms. The summed E-state index contributed by atoms with van der Waals surface area (Å²) in [5.74, 6) is 0.703. The molecule has 86 valence electrons. The fourth-order valence-corrected chi connectivity index (χ4v) is 1.74. The van der Waals surface area contributed by atoms with Crippen molar-refractivity contribution < 1.29 is 14.3 Å². The van der Waals surface area contributed by atoms with Gasteiger partial charge < -0.3 is 14.8 Å². The fraction of sp³-hybridized carbons (Fsp3) is 0.909. The maximum Gasteiger partial charge on any atom is 0.308 e. The maximum absolute atomic E-state index is 11.4. The first-order valence-corrected chi connectivity index (χ1v) is 5.82. The number of rotatable bonds is 5. The number of carbonyl (C=O) groups excluding carboxylic acids is 1. The van der Waals surface area contributed by atoms with Crippen molar-refractivity contribution in [3.63, 3.8) is 0 Å². The maximum atomic E-state index is 11.4. The molecule has 0 aromatic carbocycles. The summed E-state index contributed by atoms with van der Waals surface area (Å²) >= 11 is 0. The van der Waals surface area contributed by atoms with E-state index in [1.165, 1.54) is 12.8 Å². The molecule has 1 atom stereocenters. The standard InChI is InChI=1S/C11H19NO3/c13-11(15-5-3-9-1-2-9)7-10-8-12-4-6-14-10/h9-10,12H,1-8H2. The minimum absolute atomic E-state index is 0.00664. The van der Waals surface area contributed by atoms with E-state index in [1.54, 1.807) is 0 Å². The molecule has 0 bridgehead atoms. The van der Waals surface area contributed by atoms with Gasteiger partial charge in [0.2, 0.25) is 0 Å². The second kappa shape index (κ2) is 5.47. The third-order valence-electron chi connectivity index (χ3n) is 2.88. The largest absolute Gasteiger partial charge is 0.466 e. The van der Waals surface area contributed by atoms with Crippen molar-refractivity contribution in [3.05, 3.63) is 0 Å². The van der Waals surface area contributed by atoms with Crippen LogP contribution in [0.5, 0.6) is 0 Å². The molecule has 1 aliphatic carbocycles. The summed E-state index contributed by atoms with van der Waals surface area (Å²) in [4.78, 5) is 11.4. The number of ether oxygens (including phenoxy) is 2. The Morgan fingerprint density at radius 2 is 2.33 bits per heavy atom. The molecule has 1 N–H and O–H groups in total. The summed E-state index contributed by atoms with van der Waals surface area (Å²) in [6.45, 7) is 2.93. The van der Waals surface area contributed by atoms with Crippen LogP contribution in [0, 0.1) is 5.92 Å². The zero-order chi connectivity index (χ0) is 10.5. The average molecular weight is 213 g/mol. The Labute approximate surface area is 90.3 Å². The number of esters is 1. The van der Waals surface area contributed by atoms with Crippen LogP contribution in [-0.2, 0) is 14.3 Å². The van der Waals surface area contributed by atoms with Gasteiger partial charge in [0.05, 0.1) is 25.7 Å². The van der Waals surface area contributed by atoms with E-state index in [1.807, 2.05) is 0 Å². The SMILES string of the molecule is O=C(CC1CNCCO1)OCCC1CC1. The summed E-state index contributed by atoms with van der Waals surface area (Å²) in [5.41, 5.74) is 0. The lowest BCUT2D eigenvalue weighted by molar-refractivity contribution is -0.147. The third-order valence-corrected chi connectivity index (χ3v) is 2.88. The van der Waals surface area contributed by atoms with Gasteiger partial charge in [-0.2, -0.15) is 0 Å². The Hall–Kier alpha value is -0.610. The number of hydrogen-bond donors (Lipinski definition) is 1. The molecule has 2 aliphatic rings. The van der Waals surface area contributed by atoms with Gasteiger partial charge in [0.15, 0.2) is 0 Å². The average Bonchev–Trinajstić information content (AvgIpc) is 3.03. The van der Waals surface area contributed by atoms with Gasteiger partial charge in [-0.05, 0) is 12.3 Å². The van der Waals surface area contributed by atoms with Gasteiger partial charge in [-0.15, -0.1) is 0 Å². The van der Waals surface area contributed by atoms with Crippen molar-refractivity contribution in [3.8, 4) is 0 Å².